The van der Waals surface area contributed by atoms with Crippen LogP contribution in [0.1, 0.15) is 48.0 Å². The lowest BCUT2D eigenvalue weighted by molar-refractivity contribution is -0.121. The monoisotopic (exact) mass is 258 g/mol. The van der Waals surface area contributed by atoms with E-state index in [0.29, 0.717) is 18.4 Å². The summed E-state index contributed by atoms with van der Waals surface area (Å²) in [6.45, 7) is 12.8. The van der Waals surface area contributed by atoms with Crippen molar-refractivity contribution in [1.29, 1.82) is 0 Å². The molecule has 0 aliphatic carbocycles. The van der Waals surface area contributed by atoms with Crippen molar-refractivity contribution in [2.45, 2.75) is 59.6 Å². The molecule has 0 aromatic heterocycles. The van der Waals surface area contributed by atoms with E-state index in [1.54, 1.807) is 6.92 Å². The molecule has 108 valence electrons. The number of carbonyl (C=O) groups is 1. The van der Waals surface area contributed by atoms with E-state index in [2.05, 4.69) is 38.3 Å². The van der Waals surface area contributed by atoms with Crippen LogP contribution in [0, 0.1) is 11.8 Å². The minimum atomic E-state index is -0.752. The zero-order chi connectivity index (χ0) is 14.3. The summed E-state index contributed by atoms with van der Waals surface area (Å²) in [5.74, 6) is 0.853. The van der Waals surface area contributed by atoms with Crippen LogP contribution in [0.2, 0.25) is 0 Å². The molecule has 0 aliphatic heterocycles. The number of nitrogens with one attached hydrogen (secondary N) is 2. The summed E-state index contributed by atoms with van der Waals surface area (Å²) in [4.78, 5) is 11.6. The van der Waals surface area contributed by atoms with E-state index in [1.807, 2.05) is 6.92 Å². The molecule has 0 bridgehead atoms. The molecular formula is C14H30N2O2. The van der Waals surface area contributed by atoms with Crippen LogP contribution in [0.25, 0.3) is 0 Å². The van der Waals surface area contributed by atoms with Gasteiger partial charge in [0.15, 0.2) is 0 Å². The Morgan fingerprint density at radius 2 is 1.78 bits per heavy atom. The molecule has 18 heavy (non-hydrogen) atoms. The summed E-state index contributed by atoms with van der Waals surface area (Å²) < 4.78 is 0. The smallest absolute Gasteiger partial charge is 0.234 e. The minimum Gasteiger partial charge on any atom is -0.389 e. The third-order valence-electron chi connectivity index (χ3n) is 3.03. The van der Waals surface area contributed by atoms with Crippen LogP contribution < -0.4 is 10.6 Å². The molecule has 0 heterocycles. The predicted molar refractivity (Wildman–Crippen MR) is 75.4 cm³/mol. The van der Waals surface area contributed by atoms with Gasteiger partial charge < -0.3 is 15.7 Å². The van der Waals surface area contributed by atoms with E-state index in [4.69, 9.17) is 0 Å². The van der Waals surface area contributed by atoms with Gasteiger partial charge in [0.1, 0.15) is 0 Å². The van der Waals surface area contributed by atoms with Crippen LogP contribution in [0.3, 0.4) is 0 Å². The van der Waals surface area contributed by atoms with E-state index < -0.39 is 5.60 Å². The molecule has 4 nitrogen and oxygen atoms in total. The summed E-state index contributed by atoms with van der Waals surface area (Å²) in [6.07, 6.45) is 0.726. The highest BCUT2D eigenvalue weighted by atomic mass is 16.3. The standard InChI is InChI=1S/C14H30N2O2/c1-10(2)7-14(6,18)9-15-8-13(17)16-12(5)11(3)4/h10-12,15,18H,7-9H2,1-6H3,(H,16,17). The topological polar surface area (TPSA) is 61.4 Å². The summed E-state index contributed by atoms with van der Waals surface area (Å²) >= 11 is 0. The molecule has 4 heteroatoms. The largest absolute Gasteiger partial charge is 0.389 e. The Labute approximate surface area is 112 Å². The predicted octanol–water partition coefficient (Wildman–Crippen LogP) is 1.53. The Hall–Kier alpha value is -0.610. The summed E-state index contributed by atoms with van der Waals surface area (Å²) in [5.41, 5.74) is -0.752. The van der Waals surface area contributed by atoms with Crippen LogP contribution in [-0.2, 0) is 4.79 Å². The number of aliphatic hydroxyl groups is 1. The molecule has 0 rings (SSSR count). The Kier molecular flexibility index (Phi) is 7.48. The highest BCUT2D eigenvalue weighted by Crippen LogP contribution is 2.14. The summed E-state index contributed by atoms with van der Waals surface area (Å²) in [6, 6.07) is 0.176. The quantitative estimate of drug-likeness (QED) is 0.619. The van der Waals surface area contributed by atoms with Gasteiger partial charge in [-0.25, -0.2) is 0 Å². The molecule has 2 unspecified atom stereocenters. The normalized spacial score (nSPS) is 16.7. The Morgan fingerprint density at radius 3 is 2.22 bits per heavy atom. The van der Waals surface area contributed by atoms with Gasteiger partial charge in [0.05, 0.1) is 12.1 Å². The van der Waals surface area contributed by atoms with E-state index in [0.717, 1.165) is 6.42 Å². The molecule has 0 saturated carbocycles. The fourth-order valence-electron chi connectivity index (χ4n) is 1.87. The second kappa shape index (κ2) is 7.74. The van der Waals surface area contributed by atoms with Crippen LogP contribution in [0.4, 0.5) is 0 Å². The van der Waals surface area contributed by atoms with Crippen LogP contribution in [-0.4, -0.2) is 35.7 Å². The van der Waals surface area contributed by atoms with E-state index >= 15 is 0 Å². The van der Waals surface area contributed by atoms with Crippen LogP contribution >= 0.6 is 0 Å². The zero-order valence-electron chi connectivity index (χ0n) is 12.7. The maximum absolute atomic E-state index is 11.6. The van der Waals surface area contributed by atoms with Crippen molar-refractivity contribution in [1.82, 2.24) is 10.6 Å². The lowest BCUT2D eigenvalue weighted by Gasteiger charge is -2.26. The first-order valence-electron chi connectivity index (χ1n) is 6.86. The number of carbonyl (C=O) groups excluding carboxylic acids is 1. The van der Waals surface area contributed by atoms with Crippen LogP contribution in [0.15, 0.2) is 0 Å². The van der Waals surface area contributed by atoms with Crippen molar-refractivity contribution in [2.24, 2.45) is 11.8 Å². The SMILES string of the molecule is CC(C)CC(C)(O)CNCC(=O)NC(C)C(C)C. The highest BCUT2D eigenvalue weighted by Gasteiger charge is 2.21. The fraction of sp³-hybridized carbons (Fsp3) is 0.929. The van der Waals surface area contributed by atoms with Gasteiger partial charge in [0.2, 0.25) is 5.91 Å². The van der Waals surface area contributed by atoms with Gasteiger partial charge in [-0.1, -0.05) is 27.7 Å². The lowest BCUT2D eigenvalue weighted by Crippen LogP contribution is -2.45. The average molecular weight is 258 g/mol. The molecule has 0 radical (unpaired) electrons. The number of rotatable bonds is 8. The molecule has 0 aromatic rings. The molecule has 0 fully saturated rings. The van der Waals surface area contributed by atoms with Gasteiger partial charge in [-0.15, -0.1) is 0 Å². The van der Waals surface area contributed by atoms with E-state index in [-0.39, 0.29) is 18.5 Å². The van der Waals surface area contributed by atoms with Gasteiger partial charge in [-0.2, -0.15) is 0 Å². The minimum absolute atomic E-state index is 0.0171. The van der Waals surface area contributed by atoms with Crippen molar-refractivity contribution in [3.05, 3.63) is 0 Å². The molecule has 2 atom stereocenters. The third-order valence-corrected chi connectivity index (χ3v) is 3.03. The van der Waals surface area contributed by atoms with Gasteiger partial charge >= 0.3 is 0 Å². The van der Waals surface area contributed by atoms with Crippen molar-refractivity contribution in [3.63, 3.8) is 0 Å². The van der Waals surface area contributed by atoms with Gasteiger partial charge in [0.25, 0.3) is 0 Å². The van der Waals surface area contributed by atoms with Crippen LogP contribution in [0.5, 0.6) is 0 Å². The average Bonchev–Trinajstić information content (AvgIpc) is 2.14. The van der Waals surface area contributed by atoms with Gasteiger partial charge in [-0.3, -0.25) is 4.79 Å². The lowest BCUT2D eigenvalue weighted by atomic mass is 9.94. The van der Waals surface area contributed by atoms with E-state index in [9.17, 15) is 9.90 Å². The summed E-state index contributed by atoms with van der Waals surface area (Å²) in [5, 5.41) is 16.0. The Bertz CT molecular complexity index is 250. The molecule has 0 saturated heterocycles. The second-order valence-corrected chi connectivity index (χ2v) is 6.30. The molecule has 0 aliphatic rings. The molecule has 1 amide bonds. The van der Waals surface area contributed by atoms with Gasteiger partial charge in [-0.05, 0) is 32.1 Å². The van der Waals surface area contributed by atoms with E-state index in [1.165, 1.54) is 0 Å². The Balaban J connectivity index is 3.87. The molecule has 0 aromatic carbocycles. The molecule has 0 spiro atoms. The molecular weight excluding hydrogens is 228 g/mol. The third kappa shape index (κ3) is 8.48. The van der Waals surface area contributed by atoms with Crippen molar-refractivity contribution < 1.29 is 9.90 Å². The molecule has 3 N–H and O–H groups in total. The first-order chi connectivity index (χ1) is 8.14. The van der Waals surface area contributed by atoms with Gasteiger partial charge in [0, 0.05) is 12.6 Å². The zero-order valence-corrected chi connectivity index (χ0v) is 12.7. The second-order valence-electron chi connectivity index (χ2n) is 6.30. The summed E-state index contributed by atoms with van der Waals surface area (Å²) in [7, 11) is 0. The van der Waals surface area contributed by atoms with Crippen molar-refractivity contribution in [3.8, 4) is 0 Å². The first-order valence-corrected chi connectivity index (χ1v) is 6.86. The Morgan fingerprint density at radius 1 is 1.22 bits per heavy atom. The van der Waals surface area contributed by atoms with Crippen molar-refractivity contribution in [2.75, 3.05) is 13.1 Å². The fourth-order valence-corrected chi connectivity index (χ4v) is 1.87. The maximum Gasteiger partial charge on any atom is 0.234 e. The number of hydrogen-bond acceptors (Lipinski definition) is 3. The number of amides is 1. The maximum atomic E-state index is 11.6. The number of hydrogen-bond donors (Lipinski definition) is 3. The highest BCUT2D eigenvalue weighted by molar-refractivity contribution is 5.78. The first kappa shape index (κ1) is 17.4. The van der Waals surface area contributed by atoms with Crippen molar-refractivity contribution >= 4 is 5.91 Å².